The lowest BCUT2D eigenvalue weighted by Gasteiger charge is -2.09. The third-order valence-corrected chi connectivity index (χ3v) is 2.40. The second-order valence-electron chi connectivity index (χ2n) is 3.89. The predicted octanol–water partition coefficient (Wildman–Crippen LogP) is 3.87. The van der Waals surface area contributed by atoms with Crippen LogP contribution in [-0.4, -0.2) is 16.3 Å². The first kappa shape index (κ1) is 13.3. The standard InChI is InChI=1S/C13H11F3N2O/c1-3-4-10-8(2)17-11-6-5-9(7-12(11)18-10)19-13(14,15)16/h3-7H,1-2H3/b4-3+. The van der Waals surface area contributed by atoms with Crippen molar-refractivity contribution in [3.05, 3.63) is 35.7 Å². The fourth-order valence-corrected chi connectivity index (χ4v) is 1.65. The molecule has 1 aromatic heterocycles. The minimum Gasteiger partial charge on any atom is -0.406 e. The zero-order valence-electron chi connectivity index (χ0n) is 10.3. The first-order valence-corrected chi connectivity index (χ1v) is 5.56. The molecule has 0 fully saturated rings. The van der Waals surface area contributed by atoms with Gasteiger partial charge in [0.05, 0.1) is 22.4 Å². The van der Waals surface area contributed by atoms with Crippen molar-refractivity contribution >= 4 is 17.1 Å². The van der Waals surface area contributed by atoms with E-state index in [-0.39, 0.29) is 5.75 Å². The van der Waals surface area contributed by atoms with Gasteiger partial charge in [-0.1, -0.05) is 6.08 Å². The van der Waals surface area contributed by atoms with E-state index < -0.39 is 6.36 Å². The molecule has 0 aliphatic rings. The molecule has 2 rings (SSSR count). The van der Waals surface area contributed by atoms with E-state index >= 15 is 0 Å². The summed E-state index contributed by atoms with van der Waals surface area (Å²) in [5.74, 6) is -0.301. The van der Waals surface area contributed by atoms with Crippen LogP contribution in [0.2, 0.25) is 0 Å². The molecule has 0 aliphatic carbocycles. The summed E-state index contributed by atoms with van der Waals surface area (Å²) in [5, 5.41) is 0. The van der Waals surface area contributed by atoms with Gasteiger partial charge in [-0.15, -0.1) is 13.2 Å². The first-order chi connectivity index (χ1) is 8.89. The first-order valence-electron chi connectivity index (χ1n) is 5.56. The normalized spacial score (nSPS) is 12.3. The van der Waals surface area contributed by atoms with Crippen LogP contribution in [0.15, 0.2) is 24.3 Å². The fourth-order valence-electron chi connectivity index (χ4n) is 1.65. The van der Waals surface area contributed by atoms with Crippen molar-refractivity contribution in [2.75, 3.05) is 0 Å². The number of ether oxygens (including phenoxy) is 1. The Bertz CT molecular complexity index is 636. The van der Waals surface area contributed by atoms with E-state index in [1.54, 1.807) is 19.1 Å². The molecule has 0 radical (unpaired) electrons. The van der Waals surface area contributed by atoms with Crippen molar-refractivity contribution in [3.63, 3.8) is 0 Å². The number of fused-ring (bicyclic) bond motifs is 1. The maximum absolute atomic E-state index is 12.1. The second kappa shape index (κ2) is 4.87. The zero-order valence-corrected chi connectivity index (χ0v) is 10.3. The van der Waals surface area contributed by atoms with E-state index in [1.807, 2.05) is 6.92 Å². The Morgan fingerprint density at radius 3 is 2.53 bits per heavy atom. The van der Waals surface area contributed by atoms with Gasteiger partial charge in [-0.25, -0.2) is 9.97 Å². The molecule has 0 atom stereocenters. The van der Waals surface area contributed by atoms with Gasteiger partial charge in [0.25, 0.3) is 0 Å². The Morgan fingerprint density at radius 2 is 1.89 bits per heavy atom. The Balaban J connectivity index is 2.49. The number of rotatable bonds is 2. The highest BCUT2D eigenvalue weighted by Gasteiger charge is 2.31. The molecule has 0 aliphatic heterocycles. The molecule has 0 amide bonds. The average molecular weight is 268 g/mol. The van der Waals surface area contributed by atoms with Crippen LogP contribution in [0.5, 0.6) is 5.75 Å². The molecule has 1 heterocycles. The summed E-state index contributed by atoms with van der Waals surface area (Å²) in [4.78, 5) is 8.54. The third-order valence-electron chi connectivity index (χ3n) is 2.40. The van der Waals surface area contributed by atoms with E-state index in [4.69, 9.17) is 0 Å². The van der Waals surface area contributed by atoms with E-state index in [0.717, 1.165) is 5.69 Å². The predicted molar refractivity (Wildman–Crippen MR) is 65.7 cm³/mol. The lowest BCUT2D eigenvalue weighted by atomic mass is 10.2. The van der Waals surface area contributed by atoms with E-state index in [1.165, 1.54) is 18.2 Å². The van der Waals surface area contributed by atoms with Gasteiger partial charge in [-0.2, -0.15) is 0 Å². The van der Waals surface area contributed by atoms with Crippen LogP contribution in [0, 0.1) is 6.92 Å². The largest absolute Gasteiger partial charge is 0.573 e. The molecular weight excluding hydrogens is 257 g/mol. The van der Waals surface area contributed by atoms with Crippen LogP contribution in [0.25, 0.3) is 17.1 Å². The average Bonchev–Trinajstić information content (AvgIpc) is 2.29. The molecule has 0 saturated heterocycles. The number of aryl methyl sites for hydroxylation is 1. The maximum Gasteiger partial charge on any atom is 0.573 e. The summed E-state index contributed by atoms with van der Waals surface area (Å²) < 4.78 is 40.3. The molecule has 2 aromatic rings. The molecule has 0 unspecified atom stereocenters. The molecular formula is C13H11F3N2O. The third kappa shape index (κ3) is 3.21. The molecule has 0 spiro atoms. The minimum absolute atomic E-state index is 0.301. The smallest absolute Gasteiger partial charge is 0.406 e. The monoisotopic (exact) mass is 268 g/mol. The Morgan fingerprint density at radius 1 is 1.16 bits per heavy atom. The van der Waals surface area contributed by atoms with Crippen LogP contribution < -0.4 is 4.74 Å². The van der Waals surface area contributed by atoms with E-state index in [9.17, 15) is 13.2 Å². The van der Waals surface area contributed by atoms with Crippen LogP contribution in [0.3, 0.4) is 0 Å². The number of allylic oxidation sites excluding steroid dienone is 1. The second-order valence-corrected chi connectivity index (χ2v) is 3.89. The Kier molecular flexibility index (Phi) is 3.42. The van der Waals surface area contributed by atoms with Gasteiger partial charge in [0.1, 0.15) is 5.75 Å². The summed E-state index contributed by atoms with van der Waals surface area (Å²) >= 11 is 0. The minimum atomic E-state index is -4.71. The topological polar surface area (TPSA) is 35.0 Å². The summed E-state index contributed by atoms with van der Waals surface area (Å²) in [6.07, 6.45) is -1.17. The molecule has 3 nitrogen and oxygen atoms in total. The van der Waals surface area contributed by atoms with Gasteiger partial charge in [0.2, 0.25) is 0 Å². The van der Waals surface area contributed by atoms with Crippen LogP contribution in [0.1, 0.15) is 18.3 Å². The van der Waals surface area contributed by atoms with Crippen molar-refractivity contribution < 1.29 is 17.9 Å². The summed E-state index contributed by atoms with van der Waals surface area (Å²) in [6, 6.07) is 3.90. The van der Waals surface area contributed by atoms with Crippen molar-refractivity contribution in [1.29, 1.82) is 0 Å². The van der Waals surface area contributed by atoms with Gasteiger partial charge in [-0.05, 0) is 32.1 Å². The van der Waals surface area contributed by atoms with Gasteiger partial charge in [0, 0.05) is 6.07 Å². The summed E-state index contributed by atoms with van der Waals surface area (Å²) in [7, 11) is 0. The number of aromatic nitrogens is 2. The van der Waals surface area contributed by atoms with Crippen molar-refractivity contribution in [1.82, 2.24) is 9.97 Å². The van der Waals surface area contributed by atoms with Crippen molar-refractivity contribution in [2.24, 2.45) is 0 Å². The SMILES string of the molecule is C/C=C/c1nc2cc(OC(F)(F)F)ccc2nc1C. The number of alkyl halides is 3. The maximum atomic E-state index is 12.1. The fraction of sp³-hybridized carbons (Fsp3) is 0.231. The lowest BCUT2D eigenvalue weighted by Crippen LogP contribution is -2.17. The van der Waals surface area contributed by atoms with E-state index in [0.29, 0.717) is 16.7 Å². The Labute approximate surface area is 107 Å². The number of benzene rings is 1. The van der Waals surface area contributed by atoms with Gasteiger partial charge in [-0.3, -0.25) is 0 Å². The number of hydrogen-bond donors (Lipinski definition) is 0. The number of halogens is 3. The van der Waals surface area contributed by atoms with Crippen LogP contribution in [-0.2, 0) is 0 Å². The van der Waals surface area contributed by atoms with Crippen LogP contribution in [0.4, 0.5) is 13.2 Å². The van der Waals surface area contributed by atoms with Crippen molar-refractivity contribution in [2.45, 2.75) is 20.2 Å². The molecule has 1 aromatic carbocycles. The molecule has 0 saturated carbocycles. The Hall–Kier alpha value is -2.11. The molecule has 100 valence electrons. The summed E-state index contributed by atoms with van der Waals surface area (Å²) in [5.41, 5.74) is 2.23. The quantitative estimate of drug-likeness (QED) is 0.829. The molecule has 0 N–H and O–H groups in total. The highest BCUT2D eigenvalue weighted by Crippen LogP contribution is 2.25. The molecule has 19 heavy (non-hydrogen) atoms. The van der Waals surface area contributed by atoms with Crippen LogP contribution >= 0.6 is 0 Å². The highest BCUT2D eigenvalue weighted by molar-refractivity contribution is 5.77. The summed E-state index contributed by atoms with van der Waals surface area (Å²) in [6.45, 7) is 3.62. The molecule has 6 heteroatoms. The lowest BCUT2D eigenvalue weighted by molar-refractivity contribution is -0.274. The van der Waals surface area contributed by atoms with Gasteiger partial charge < -0.3 is 4.74 Å². The number of nitrogens with zero attached hydrogens (tertiary/aromatic N) is 2. The zero-order chi connectivity index (χ0) is 14.0. The van der Waals surface area contributed by atoms with E-state index in [2.05, 4.69) is 14.7 Å². The highest BCUT2D eigenvalue weighted by atomic mass is 19.4. The molecule has 0 bridgehead atoms. The van der Waals surface area contributed by atoms with Crippen molar-refractivity contribution in [3.8, 4) is 5.75 Å². The van der Waals surface area contributed by atoms with Gasteiger partial charge >= 0.3 is 6.36 Å². The van der Waals surface area contributed by atoms with Gasteiger partial charge in [0.15, 0.2) is 0 Å². The number of hydrogen-bond acceptors (Lipinski definition) is 3.